The normalized spacial score (nSPS) is 17.7. The number of carboxylic acids is 1. The minimum atomic E-state index is -0.901. The van der Waals surface area contributed by atoms with Crippen molar-refractivity contribution in [2.24, 2.45) is 0 Å². The van der Waals surface area contributed by atoms with Gasteiger partial charge in [0.15, 0.2) is 0 Å². The molecule has 39 heavy (non-hydrogen) atoms. The Labute approximate surface area is 225 Å². The molecule has 9 rings (SSSR count). The number of rotatable bonds is 2. The number of hydrogen-bond donors (Lipinski definition) is 1. The molecule has 0 aliphatic carbocycles. The quantitative estimate of drug-likeness (QED) is 0.408. The molecule has 200 valence electrons. The summed E-state index contributed by atoms with van der Waals surface area (Å²) in [4.78, 5) is 26.9. The van der Waals surface area contributed by atoms with E-state index in [4.69, 9.17) is 4.74 Å². The number of carbonyl (C=O) groups excluding carboxylic acids is 1. The van der Waals surface area contributed by atoms with Gasteiger partial charge in [-0.1, -0.05) is 35.5 Å². The standard InChI is InChI=1S/C30H29FN4O4/c1-18-23-7-8-27-29(18)32-33-35(27)10-2-12-39-17-19-3-6-24(26(31)13-19)30(38)34-11-9-20-4-5-21(14-22(20)16-34)25(23)15-28(36)37/h3-8,13-14,25H,2,9-12,15-17H2,1H3,(H,36,37). The van der Waals surface area contributed by atoms with E-state index in [1.165, 1.54) is 12.1 Å². The summed E-state index contributed by atoms with van der Waals surface area (Å²) >= 11 is 0. The fourth-order valence-electron chi connectivity index (χ4n) is 5.77. The average molecular weight is 529 g/mol. The zero-order valence-electron chi connectivity index (χ0n) is 21.7. The van der Waals surface area contributed by atoms with Gasteiger partial charge < -0.3 is 14.7 Å². The van der Waals surface area contributed by atoms with Crippen LogP contribution < -0.4 is 0 Å². The Bertz CT molecular complexity index is 1600. The lowest BCUT2D eigenvalue weighted by atomic mass is 9.83. The van der Waals surface area contributed by atoms with Gasteiger partial charge >= 0.3 is 5.97 Å². The Morgan fingerprint density at radius 3 is 2.82 bits per heavy atom. The molecule has 0 radical (unpaired) electrons. The molecule has 9 heteroatoms. The maximum Gasteiger partial charge on any atom is 0.304 e. The Morgan fingerprint density at radius 1 is 1.13 bits per heavy atom. The number of hydrogen-bond acceptors (Lipinski definition) is 5. The van der Waals surface area contributed by atoms with Crippen LogP contribution in [0.2, 0.25) is 0 Å². The zero-order chi connectivity index (χ0) is 27.1. The molecule has 8 nitrogen and oxygen atoms in total. The maximum absolute atomic E-state index is 15.0. The van der Waals surface area contributed by atoms with Crippen molar-refractivity contribution >= 4 is 22.9 Å². The van der Waals surface area contributed by atoms with Gasteiger partial charge in [-0.3, -0.25) is 9.59 Å². The summed E-state index contributed by atoms with van der Waals surface area (Å²) in [6.45, 7) is 4.07. The van der Waals surface area contributed by atoms with Crippen molar-refractivity contribution in [2.45, 2.75) is 51.8 Å². The number of halogens is 1. The molecule has 4 aromatic rings. The van der Waals surface area contributed by atoms with Crippen LogP contribution in [0.5, 0.6) is 0 Å². The van der Waals surface area contributed by atoms with Gasteiger partial charge in [-0.25, -0.2) is 9.07 Å². The zero-order valence-corrected chi connectivity index (χ0v) is 21.7. The Balaban J connectivity index is 1.45. The summed E-state index contributed by atoms with van der Waals surface area (Å²) in [7, 11) is 0. The first-order chi connectivity index (χ1) is 18.9. The molecular formula is C30H29FN4O4. The van der Waals surface area contributed by atoms with Gasteiger partial charge in [-0.15, -0.1) is 5.10 Å². The molecule has 5 aliphatic heterocycles. The lowest BCUT2D eigenvalue weighted by Crippen LogP contribution is -2.36. The predicted molar refractivity (Wildman–Crippen MR) is 142 cm³/mol. The first-order valence-electron chi connectivity index (χ1n) is 13.2. The third-order valence-corrected chi connectivity index (χ3v) is 7.86. The second kappa shape index (κ2) is 10.2. The summed E-state index contributed by atoms with van der Waals surface area (Å²) in [6, 6.07) is 14.6. The number of amides is 1. The Morgan fingerprint density at radius 2 is 2.00 bits per heavy atom. The molecule has 0 saturated carbocycles. The van der Waals surface area contributed by atoms with Gasteiger partial charge in [-0.05, 0) is 71.3 Å². The highest BCUT2D eigenvalue weighted by Crippen LogP contribution is 2.35. The van der Waals surface area contributed by atoms with E-state index in [-0.39, 0.29) is 24.5 Å². The van der Waals surface area contributed by atoms with Crippen LogP contribution in [-0.2, 0) is 35.6 Å². The molecule has 5 aliphatic rings. The number of aryl methyl sites for hydroxylation is 2. The molecular weight excluding hydrogens is 499 g/mol. The number of nitrogens with zero attached hydrogens (tertiary/aromatic N) is 4. The summed E-state index contributed by atoms with van der Waals surface area (Å²) in [5.74, 6) is -2.22. The van der Waals surface area contributed by atoms with Crippen molar-refractivity contribution in [1.29, 1.82) is 0 Å². The summed E-state index contributed by atoms with van der Waals surface area (Å²) in [5, 5.41) is 18.6. The van der Waals surface area contributed by atoms with Crippen LogP contribution in [0.25, 0.3) is 11.0 Å². The van der Waals surface area contributed by atoms with Gasteiger partial charge in [0.25, 0.3) is 5.91 Å². The van der Waals surface area contributed by atoms with Crippen molar-refractivity contribution in [3.63, 3.8) is 0 Å². The van der Waals surface area contributed by atoms with E-state index in [0.717, 1.165) is 38.9 Å². The van der Waals surface area contributed by atoms with Crippen LogP contribution >= 0.6 is 0 Å². The molecule has 0 spiro atoms. The van der Waals surface area contributed by atoms with Crippen LogP contribution in [0.1, 0.15) is 62.5 Å². The number of aliphatic carboxylic acids is 1. The van der Waals surface area contributed by atoms with Crippen molar-refractivity contribution in [3.8, 4) is 0 Å². The van der Waals surface area contributed by atoms with E-state index in [1.54, 1.807) is 11.0 Å². The third kappa shape index (κ3) is 4.78. The van der Waals surface area contributed by atoms with Crippen molar-refractivity contribution < 1.29 is 23.8 Å². The Hall–Kier alpha value is -4.11. The van der Waals surface area contributed by atoms with Gasteiger partial charge in [0.1, 0.15) is 11.3 Å². The number of carboxylic acid groups (broad SMARTS) is 1. The molecule has 3 aromatic carbocycles. The van der Waals surface area contributed by atoms with E-state index >= 15 is 0 Å². The molecule has 1 amide bonds. The highest BCUT2D eigenvalue weighted by molar-refractivity contribution is 5.94. The summed E-state index contributed by atoms with van der Waals surface area (Å²) in [5.41, 5.74) is 7.05. The monoisotopic (exact) mass is 528 g/mol. The fourth-order valence-corrected chi connectivity index (χ4v) is 5.77. The van der Waals surface area contributed by atoms with Gasteiger partial charge in [0.2, 0.25) is 0 Å². The number of benzene rings is 3. The molecule has 0 fully saturated rings. The van der Waals surface area contributed by atoms with Gasteiger partial charge in [0, 0.05) is 32.2 Å². The predicted octanol–water partition coefficient (Wildman–Crippen LogP) is 4.60. The Kier molecular flexibility index (Phi) is 6.60. The topological polar surface area (TPSA) is 97.5 Å². The van der Waals surface area contributed by atoms with E-state index in [0.29, 0.717) is 44.6 Å². The van der Waals surface area contributed by atoms with Crippen LogP contribution in [0.15, 0.2) is 48.5 Å². The lowest BCUT2D eigenvalue weighted by Gasteiger charge is -2.30. The van der Waals surface area contributed by atoms with Gasteiger partial charge in [0.05, 0.1) is 24.1 Å². The molecule has 1 N–H and O–H groups in total. The largest absolute Gasteiger partial charge is 0.481 e. The van der Waals surface area contributed by atoms with E-state index in [1.807, 2.05) is 41.9 Å². The first-order valence-corrected chi connectivity index (χ1v) is 13.2. The molecule has 1 atom stereocenters. The molecule has 1 aromatic heterocycles. The highest BCUT2D eigenvalue weighted by Gasteiger charge is 2.27. The summed E-state index contributed by atoms with van der Waals surface area (Å²) < 4.78 is 22.6. The van der Waals surface area contributed by atoms with Crippen LogP contribution in [0.4, 0.5) is 4.39 Å². The van der Waals surface area contributed by atoms with E-state index < -0.39 is 17.7 Å². The third-order valence-electron chi connectivity index (χ3n) is 7.86. The second-order valence-corrected chi connectivity index (χ2v) is 10.3. The number of ether oxygens (including phenoxy) is 1. The van der Waals surface area contributed by atoms with E-state index in [2.05, 4.69) is 10.3 Å². The molecule has 9 bridgehead atoms. The minimum absolute atomic E-state index is 0.0409. The lowest BCUT2D eigenvalue weighted by molar-refractivity contribution is -0.137. The summed E-state index contributed by atoms with van der Waals surface area (Å²) in [6.07, 6.45) is 1.24. The number of aromatic nitrogens is 3. The van der Waals surface area contributed by atoms with Crippen LogP contribution in [0.3, 0.4) is 0 Å². The average Bonchev–Trinajstić information content (AvgIpc) is 3.34. The first kappa shape index (κ1) is 25.2. The maximum atomic E-state index is 15.0. The molecule has 0 saturated heterocycles. The highest BCUT2D eigenvalue weighted by atomic mass is 19.1. The van der Waals surface area contributed by atoms with Crippen LogP contribution in [-0.4, -0.2) is 50.0 Å². The molecule has 6 heterocycles. The van der Waals surface area contributed by atoms with E-state index in [9.17, 15) is 19.1 Å². The van der Waals surface area contributed by atoms with Crippen molar-refractivity contribution in [3.05, 3.63) is 93.3 Å². The minimum Gasteiger partial charge on any atom is -0.481 e. The second-order valence-electron chi connectivity index (χ2n) is 10.3. The van der Waals surface area contributed by atoms with Crippen molar-refractivity contribution in [1.82, 2.24) is 19.9 Å². The fraction of sp³-hybridized carbons (Fsp3) is 0.333. The molecule has 1 unspecified atom stereocenters. The SMILES string of the molecule is Cc1c2ccc3c1nnn3CCCOCc1ccc(c(F)c1)C(=O)N1CCc3ccc(cc3C1)C2CC(=O)O. The van der Waals surface area contributed by atoms with Gasteiger partial charge in [-0.2, -0.15) is 0 Å². The smallest absolute Gasteiger partial charge is 0.304 e. The number of carbonyl (C=O) groups is 2. The van der Waals surface area contributed by atoms with Crippen LogP contribution in [0, 0.1) is 12.7 Å². The van der Waals surface area contributed by atoms with Crippen molar-refractivity contribution in [2.75, 3.05) is 13.2 Å².